The summed E-state index contributed by atoms with van der Waals surface area (Å²) in [7, 11) is 0. The van der Waals surface area contributed by atoms with Gasteiger partial charge in [-0.05, 0) is 13.8 Å². The summed E-state index contributed by atoms with van der Waals surface area (Å²) in [6.07, 6.45) is 7.90. The number of carbonyl (C=O) groups is 1. The maximum absolute atomic E-state index is 10.2. The molecule has 0 saturated heterocycles. The van der Waals surface area contributed by atoms with E-state index in [1.54, 1.807) is 13.8 Å². The van der Waals surface area contributed by atoms with E-state index in [2.05, 4.69) is 23.3 Å². The van der Waals surface area contributed by atoms with Crippen molar-refractivity contribution in [1.29, 1.82) is 0 Å². The Kier molecular flexibility index (Phi) is 18.4. The normalized spacial score (nSPS) is 9.00. The molecule has 98 valence electrons. The standard InChI is InChI=1S/C8H18.C5H10O3/c1-3-5-7-8-6-4-2;1-3-7-5(6)8-4-2/h3-8H2,1-2H3;3-4H2,1-2H3. The topological polar surface area (TPSA) is 35.5 Å². The van der Waals surface area contributed by atoms with Crippen molar-refractivity contribution in [3.8, 4) is 0 Å². The van der Waals surface area contributed by atoms with Crippen LogP contribution in [0.25, 0.3) is 0 Å². The van der Waals surface area contributed by atoms with E-state index >= 15 is 0 Å². The van der Waals surface area contributed by atoms with Crippen molar-refractivity contribution in [3.63, 3.8) is 0 Å². The molecule has 0 bridgehead atoms. The van der Waals surface area contributed by atoms with Crippen LogP contribution in [0.4, 0.5) is 4.79 Å². The molecule has 0 radical (unpaired) electrons. The van der Waals surface area contributed by atoms with Gasteiger partial charge in [0.25, 0.3) is 0 Å². The third-order valence-corrected chi connectivity index (χ3v) is 1.98. The van der Waals surface area contributed by atoms with Gasteiger partial charge in [0.15, 0.2) is 0 Å². The molecule has 0 unspecified atom stereocenters. The highest BCUT2D eigenvalue weighted by atomic mass is 16.7. The summed E-state index contributed by atoms with van der Waals surface area (Å²) >= 11 is 0. The Morgan fingerprint density at radius 3 is 1.38 bits per heavy atom. The van der Waals surface area contributed by atoms with Crippen molar-refractivity contribution in [3.05, 3.63) is 0 Å². The Bertz CT molecular complexity index is 121. The minimum Gasteiger partial charge on any atom is -0.435 e. The highest BCUT2D eigenvalue weighted by molar-refractivity contribution is 5.59. The molecule has 0 saturated carbocycles. The van der Waals surface area contributed by atoms with Crippen LogP contribution < -0.4 is 0 Å². The molecular formula is C13H28O3. The van der Waals surface area contributed by atoms with Gasteiger partial charge in [0.2, 0.25) is 0 Å². The summed E-state index contributed by atoms with van der Waals surface area (Å²) in [5.41, 5.74) is 0. The van der Waals surface area contributed by atoms with Gasteiger partial charge in [0, 0.05) is 0 Å². The van der Waals surface area contributed by atoms with E-state index in [1.807, 2.05) is 0 Å². The molecule has 3 heteroatoms. The Balaban J connectivity index is 0. The van der Waals surface area contributed by atoms with Crippen LogP contribution in [0, 0.1) is 0 Å². The van der Waals surface area contributed by atoms with E-state index in [0.29, 0.717) is 13.2 Å². The maximum atomic E-state index is 10.2. The first-order valence-electron chi connectivity index (χ1n) is 6.52. The highest BCUT2D eigenvalue weighted by Crippen LogP contribution is 2.03. The SMILES string of the molecule is CCCCCCCC.CCOC(=O)OCC. The average Bonchev–Trinajstić information content (AvgIpc) is 2.26. The van der Waals surface area contributed by atoms with Gasteiger partial charge in [0.05, 0.1) is 13.2 Å². The van der Waals surface area contributed by atoms with E-state index in [0.717, 1.165) is 0 Å². The fourth-order valence-corrected chi connectivity index (χ4v) is 1.13. The second kappa shape index (κ2) is 16.7. The van der Waals surface area contributed by atoms with Gasteiger partial charge in [-0.1, -0.05) is 52.4 Å². The summed E-state index contributed by atoms with van der Waals surface area (Å²) in [4.78, 5) is 10.2. The van der Waals surface area contributed by atoms with Crippen LogP contribution in [0.2, 0.25) is 0 Å². The van der Waals surface area contributed by atoms with Crippen LogP contribution in [0.5, 0.6) is 0 Å². The van der Waals surface area contributed by atoms with E-state index in [4.69, 9.17) is 0 Å². The summed E-state index contributed by atoms with van der Waals surface area (Å²) in [5, 5.41) is 0. The quantitative estimate of drug-likeness (QED) is 0.477. The molecule has 0 N–H and O–H groups in total. The fourth-order valence-electron chi connectivity index (χ4n) is 1.13. The minimum atomic E-state index is -0.588. The predicted molar refractivity (Wildman–Crippen MR) is 67.7 cm³/mol. The van der Waals surface area contributed by atoms with Gasteiger partial charge in [-0.3, -0.25) is 0 Å². The lowest BCUT2D eigenvalue weighted by Gasteiger charge is -1.98. The summed E-state index contributed by atoms with van der Waals surface area (Å²) in [6, 6.07) is 0. The van der Waals surface area contributed by atoms with Gasteiger partial charge in [-0.25, -0.2) is 4.79 Å². The lowest BCUT2D eigenvalue weighted by Crippen LogP contribution is -2.05. The van der Waals surface area contributed by atoms with E-state index < -0.39 is 6.16 Å². The first kappa shape index (κ1) is 17.7. The van der Waals surface area contributed by atoms with Gasteiger partial charge < -0.3 is 9.47 Å². The van der Waals surface area contributed by atoms with E-state index in [9.17, 15) is 4.79 Å². The second-order valence-corrected chi connectivity index (χ2v) is 3.53. The van der Waals surface area contributed by atoms with Gasteiger partial charge >= 0.3 is 6.16 Å². The number of carbonyl (C=O) groups excluding carboxylic acids is 1. The number of rotatable bonds is 7. The lowest BCUT2D eigenvalue weighted by atomic mass is 10.1. The zero-order valence-corrected chi connectivity index (χ0v) is 11.4. The van der Waals surface area contributed by atoms with Crippen LogP contribution in [0.15, 0.2) is 0 Å². The molecule has 3 nitrogen and oxygen atoms in total. The molecule has 0 aromatic heterocycles. The monoisotopic (exact) mass is 232 g/mol. The predicted octanol–water partition coefficient (Wildman–Crippen LogP) is 4.55. The van der Waals surface area contributed by atoms with Crippen LogP contribution in [0.3, 0.4) is 0 Å². The molecule has 0 spiro atoms. The van der Waals surface area contributed by atoms with Gasteiger partial charge in [-0.15, -0.1) is 0 Å². The zero-order valence-electron chi connectivity index (χ0n) is 11.4. The summed E-state index contributed by atoms with van der Waals surface area (Å²) < 4.78 is 8.84. The molecule has 0 fully saturated rings. The van der Waals surface area contributed by atoms with Crippen LogP contribution in [-0.4, -0.2) is 19.4 Å². The third-order valence-electron chi connectivity index (χ3n) is 1.98. The van der Waals surface area contributed by atoms with Gasteiger partial charge in [-0.2, -0.15) is 0 Å². The Labute approximate surface area is 101 Å². The molecule has 0 aliphatic heterocycles. The largest absolute Gasteiger partial charge is 0.508 e. The first-order chi connectivity index (χ1) is 7.72. The molecule has 0 amide bonds. The molecule has 0 heterocycles. The Hall–Kier alpha value is -0.730. The Morgan fingerprint density at radius 1 is 0.750 bits per heavy atom. The molecule has 0 aliphatic carbocycles. The van der Waals surface area contributed by atoms with Crippen LogP contribution in [-0.2, 0) is 9.47 Å². The van der Waals surface area contributed by atoms with E-state index in [-0.39, 0.29) is 0 Å². The zero-order chi connectivity index (χ0) is 12.6. The number of hydrogen-bond acceptors (Lipinski definition) is 3. The molecule has 16 heavy (non-hydrogen) atoms. The maximum Gasteiger partial charge on any atom is 0.508 e. The molecular weight excluding hydrogens is 204 g/mol. The van der Waals surface area contributed by atoms with Crippen molar-refractivity contribution < 1.29 is 14.3 Å². The molecule has 0 aromatic carbocycles. The third kappa shape index (κ3) is 18.9. The van der Waals surface area contributed by atoms with Crippen molar-refractivity contribution in [2.24, 2.45) is 0 Å². The minimum absolute atomic E-state index is 0.374. The Morgan fingerprint density at radius 2 is 1.12 bits per heavy atom. The van der Waals surface area contributed by atoms with Crippen molar-refractivity contribution in [2.45, 2.75) is 66.2 Å². The first-order valence-corrected chi connectivity index (χ1v) is 6.52. The van der Waals surface area contributed by atoms with Crippen molar-refractivity contribution in [2.75, 3.05) is 13.2 Å². The van der Waals surface area contributed by atoms with Crippen molar-refractivity contribution >= 4 is 6.16 Å². The lowest BCUT2D eigenvalue weighted by molar-refractivity contribution is 0.0630. The summed E-state index contributed by atoms with van der Waals surface area (Å²) in [6.45, 7) is 8.73. The molecule has 0 rings (SSSR count). The van der Waals surface area contributed by atoms with Crippen molar-refractivity contribution in [1.82, 2.24) is 0 Å². The van der Waals surface area contributed by atoms with Gasteiger partial charge in [0.1, 0.15) is 0 Å². The van der Waals surface area contributed by atoms with Crippen LogP contribution >= 0.6 is 0 Å². The summed E-state index contributed by atoms with van der Waals surface area (Å²) in [5.74, 6) is 0. The average molecular weight is 232 g/mol. The molecule has 0 aromatic rings. The fraction of sp³-hybridized carbons (Fsp3) is 0.923. The van der Waals surface area contributed by atoms with E-state index in [1.165, 1.54) is 38.5 Å². The number of ether oxygens (including phenoxy) is 2. The second-order valence-electron chi connectivity index (χ2n) is 3.53. The number of hydrogen-bond donors (Lipinski definition) is 0. The molecule has 0 aliphatic rings. The van der Waals surface area contributed by atoms with Crippen LogP contribution in [0.1, 0.15) is 66.2 Å². The highest BCUT2D eigenvalue weighted by Gasteiger charge is 1.96. The number of unbranched alkanes of at least 4 members (excludes halogenated alkanes) is 5. The smallest absolute Gasteiger partial charge is 0.435 e. The molecule has 0 atom stereocenters.